The van der Waals surface area contributed by atoms with E-state index in [-0.39, 0.29) is 29.3 Å². The number of nitrogens with zero attached hydrogens (tertiary/aromatic N) is 3. The number of aromatic nitrogens is 1. The Morgan fingerprint density at radius 2 is 2.00 bits per heavy atom. The average molecular weight is 454 g/mol. The molecule has 3 aliphatic heterocycles. The van der Waals surface area contributed by atoms with Crippen molar-refractivity contribution >= 4 is 23.1 Å². The Kier molecular flexibility index (Phi) is 4.60. The molecule has 8 heteroatoms. The third-order valence-corrected chi connectivity index (χ3v) is 7.60. The number of benzene rings is 2. The number of para-hydroxylation sites is 1. The molecular formula is C26H22N4O4. The van der Waals surface area contributed by atoms with Crippen LogP contribution in [0.25, 0.3) is 0 Å². The number of nitro benzene ring substituents is 1. The average Bonchev–Trinajstić information content (AvgIpc) is 3.52. The number of rotatable bonds is 4. The highest BCUT2D eigenvalue weighted by atomic mass is 16.6. The number of Topliss-reactive ketones (excluding diaryl/α,β-unsaturated/α-hetero) is 1. The minimum absolute atomic E-state index is 0.0214. The number of anilines is 1. The van der Waals surface area contributed by atoms with Gasteiger partial charge >= 0.3 is 0 Å². The van der Waals surface area contributed by atoms with Crippen molar-refractivity contribution in [2.45, 2.75) is 30.3 Å². The van der Waals surface area contributed by atoms with Crippen LogP contribution in [0.3, 0.4) is 0 Å². The van der Waals surface area contributed by atoms with Crippen molar-refractivity contribution in [3.63, 3.8) is 0 Å². The lowest BCUT2D eigenvalue weighted by Crippen LogP contribution is -2.52. The number of pyridine rings is 1. The van der Waals surface area contributed by atoms with Crippen LogP contribution in [0.5, 0.6) is 0 Å². The van der Waals surface area contributed by atoms with Crippen LogP contribution in [0.4, 0.5) is 11.4 Å². The molecule has 4 atom stereocenters. The van der Waals surface area contributed by atoms with Gasteiger partial charge in [0.1, 0.15) is 5.54 Å². The van der Waals surface area contributed by atoms with Gasteiger partial charge in [-0.05, 0) is 43.1 Å². The molecule has 0 saturated carbocycles. The summed E-state index contributed by atoms with van der Waals surface area (Å²) in [6.07, 6.45) is 4.83. The Morgan fingerprint density at radius 3 is 2.79 bits per heavy atom. The fourth-order valence-electron chi connectivity index (χ4n) is 6.42. The maximum Gasteiger partial charge on any atom is 0.269 e. The molecule has 6 rings (SSSR count). The zero-order chi connectivity index (χ0) is 23.4. The fraction of sp³-hybridized carbons (Fsp3) is 0.269. The highest BCUT2D eigenvalue weighted by molar-refractivity contribution is 6.12. The molecule has 2 saturated heterocycles. The van der Waals surface area contributed by atoms with Crippen LogP contribution in [0, 0.1) is 16.0 Å². The van der Waals surface area contributed by atoms with E-state index in [2.05, 4.69) is 15.2 Å². The molecule has 1 N–H and O–H groups in total. The van der Waals surface area contributed by atoms with Crippen LogP contribution in [0.2, 0.25) is 0 Å². The number of carbonyl (C=O) groups excluding carboxylic acids is 2. The highest BCUT2D eigenvalue weighted by Crippen LogP contribution is 2.61. The summed E-state index contributed by atoms with van der Waals surface area (Å²) < 4.78 is 0. The molecule has 2 aromatic carbocycles. The second kappa shape index (κ2) is 7.56. The van der Waals surface area contributed by atoms with E-state index >= 15 is 0 Å². The van der Waals surface area contributed by atoms with Gasteiger partial charge in [0, 0.05) is 53.3 Å². The predicted molar refractivity (Wildman–Crippen MR) is 124 cm³/mol. The number of hydrogen-bond acceptors (Lipinski definition) is 6. The van der Waals surface area contributed by atoms with Crippen LogP contribution in [-0.2, 0) is 10.3 Å². The van der Waals surface area contributed by atoms with Crippen molar-refractivity contribution in [1.82, 2.24) is 9.88 Å². The Balaban J connectivity index is 1.62. The SMILES string of the molecule is O=C(c1cccnc1)[C@@H]1[C@@H](c2cccc([N+](=O)[O-])c2)[C@H]2CCCN2[C@@]12C(=O)Nc1ccccc12. The standard InChI is InChI=1S/C26H22N4O4/c31-24(17-7-4-12-27-15-17)23-22(16-6-3-8-18(14-16)30(33)34)21-11-5-13-29(21)26(23)19-9-1-2-10-20(19)28-25(26)32/h1-4,6-10,12,14-15,21-23H,5,11,13H2,(H,28,32)/t21-,22+,23+,26-/m1/s1. The lowest BCUT2D eigenvalue weighted by atomic mass is 9.69. The number of ketones is 1. The first kappa shape index (κ1) is 20.7. The van der Waals surface area contributed by atoms with Crippen LogP contribution >= 0.6 is 0 Å². The van der Waals surface area contributed by atoms with Gasteiger partial charge in [-0.1, -0.05) is 30.3 Å². The van der Waals surface area contributed by atoms with E-state index in [1.807, 2.05) is 30.3 Å². The van der Waals surface area contributed by atoms with E-state index in [1.54, 1.807) is 30.5 Å². The number of nitrogens with one attached hydrogen (secondary N) is 1. The van der Waals surface area contributed by atoms with Crippen molar-refractivity contribution < 1.29 is 14.5 Å². The van der Waals surface area contributed by atoms with Gasteiger partial charge in [0.25, 0.3) is 5.69 Å². The zero-order valence-electron chi connectivity index (χ0n) is 18.3. The van der Waals surface area contributed by atoms with E-state index in [9.17, 15) is 19.7 Å². The second-order valence-electron chi connectivity index (χ2n) is 9.13. The second-order valence-corrected chi connectivity index (χ2v) is 9.13. The Labute approximate surface area is 195 Å². The number of hydrogen-bond donors (Lipinski definition) is 1. The van der Waals surface area contributed by atoms with Crippen molar-refractivity contribution in [3.05, 3.63) is 99.9 Å². The maximum atomic E-state index is 14.2. The van der Waals surface area contributed by atoms with Gasteiger partial charge in [0.2, 0.25) is 5.91 Å². The highest BCUT2D eigenvalue weighted by Gasteiger charge is 2.69. The van der Waals surface area contributed by atoms with Crippen LogP contribution < -0.4 is 5.32 Å². The molecule has 0 unspecified atom stereocenters. The molecular weight excluding hydrogens is 432 g/mol. The van der Waals surface area contributed by atoms with E-state index in [0.29, 0.717) is 23.4 Å². The first-order chi connectivity index (χ1) is 16.5. The van der Waals surface area contributed by atoms with E-state index in [0.717, 1.165) is 18.4 Å². The summed E-state index contributed by atoms with van der Waals surface area (Å²) in [7, 11) is 0. The monoisotopic (exact) mass is 454 g/mol. The van der Waals surface area contributed by atoms with Crippen molar-refractivity contribution in [2.24, 2.45) is 5.92 Å². The van der Waals surface area contributed by atoms with Gasteiger partial charge in [-0.25, -0.2) is 0 Å². The smallest absolute Gasteiger partial charge is 0.269 e. The molecule has 3 aliphatic rings. The van der Waals surface area contributed by atoms with Crippen LogP contribution in [0.1, 0.15) is 40.2 Å². The Bertz CT molecular complexity index is 1330. The molecule has 0 aliphatic carbocycles. The summed E-state index contributed by atoms with van der Waals surface area (Å²) in [6.45, 7) is 0.675. The lowest BCUT2D eigenvalue weighted by molar-refractivity contribution is -0.384. The minimum Gasteiger partial charge on any atom is -0.324 e. The van der Waals surface area contributed by atoms with E-state index in [1.165, 1.54) is 12.3 Å². The topological polar surface area (TPSA) is 105 Å². The van der Waals surface area contributed by atoms with Crippen molar-refractivity contribution in [2.75, 3.05) is 11.9 Å². The molecule has 0 bridgehead atoms. The van der Waals surface area contributed by atoms with E-state index < -0.39 is 16.4 Å². The molecule has 1 spiro atoms. The molecule has 2 fully saturated rings. The maximum absolute atomic E-state index is 14.2. The number of carbonyl (C=O) groups is 2. The summed E-state index contributed by atoms with van der Waals surface area (Å²) in [6, 6.07) is 17.4. The normalized spacial score (nSPS) is 27.4. The van der Waals surface area contributed by atoms with E-state index in [4.69, 9.17) is 0 Å². The number of fused-ring (bicyclic) bond motifs is 4. The minimum atomic E-state index is -1.18. The Hall–Kier alpha value is -3.91. The van der Waals surface area contributed by atoms with Crippen molar-refractivity contribution in [3.8, 4) is 0 Å². The molecule has 1 amide bonds. The predicted octanol–water partition coefficient (Wildman–Crippen LogP) is 3.90. The van der Waals surface area contributed by atoms with Crippen molar-refractivity contribution in [1.29, 1.82) is 0 Å². The van der Waals surface area contributed by atoms with Gasteiger partial charge in [-0.2, -0.15) is 0 Å². The number of nitro groups is 1. The number of amides is 1. The summed E-state index contributed by atoms with van der Waals surface area (Å²) >= 11 is 0. The van der Waals surface area contributed by atoms with Gasteiger partial charge < -0.3 is 5.32 Å². The van der Waals surface area contributed by atoms with Gasteiger partial charge in [-0.3, -0.25) is 29.6 Å². The lowest BCUT2D eigenvalue weighted by Gasteiger charge is -2.36. The Morgan fingerprint density at radius 1 is 1.15 bits per heavy atom. The summed E-state index contributed by atoms with van der Waals surface area (Å²) in [5.74, 6) is -1.53. The number of non-ortho nitro benzene ring substituents is 1. The quantitative estimate of drug-likeness (QED) is 0.364. The zero-order valence-corrected chi connectivity index (χ0v) is 18.3. The first-order valence-electron chi connectivity index (χ1n) is 11.4. The molecule has 34 heavy (non-hydrogen) atoms. The molecule has 8 nitrogen and oxygen atoms in total. The van der Waals surface area contributed by atoms with Gasteiger partial charge in [0.05, 0.1) is 10.8 Å². The first-order valence-corrected chi connectivity index (χ1v) is 11.4. The molecule has 3 aromatic rings. The summed E-state index contributed by atoms with van der Waals surface area (Å²) in [4.78, 5) is 45.5. The molecule has 0 radical (unpaired) electrons. The summed E-state index contributed by atoms with van der Waals surface area (Å²) in [5, 5.41) is 14.6. The largest absolute Gasteiger partial charge is 0.324 e. The van der Waals surface area contributed by atoms with Crippen LogP contribution in [-0.4, -0.2) is 39.1 Å². The third-order valence-electron chi connectivity index (χ3n) is 7.60. The van der Waals surface area contributed by atoms with Gasteiger partial charge in [-0.15, -0.1) is 0 Å². The van der Waals surface area contributed by atoms with Crippen LogP contribution in [0.15, 0.2) is 73.1 Å². The fourth-order valence-corrected chi connectivity index (χ4v) is 6.42. The summed E-state index contributed by atoms with van der Waals surface area (Å²) in [5.41, 5.74) is 1.44. The third kappa shape index (κ3) is 2.72. The van der Waals surface area contributed by atoms with Gasteiger partial charge in [0.15, 0.2) is 5.78 Å². The molecule has 4 heterocycles. The molecule has 1 aromatic heterocycles. The molecule has 170 valence electrons.